The van der Waals surface area contributed by atoms with Gasteiger partial charge < -0.3 is 9.64 Å². The maximum absolute atomic E-state index is 12.2. The predicted molar refractivity (Wildman–Crippen MR) is 75.3 cm³/mol. The molecule has 0 bridgehead atoms. The summed E-state index contributed by atoms with van der Waals surface area (Å²) in [7, 11) is 0. The molecule has 0 spiro atoms. The van der Waals surface area contributed by atoms with E-state index in [0.717, 1.165) is 10.9 Å². The molecule has 1 saturated heterocycles. The molecule has 1 amide bonds. The summed E-state index contributed by atoms with van der Waals surface area (Å²) in [5.74, 6) is 0.131. The third-order valence-corrected chi connectivity index (χ3v) is 3.87. The summed E-state index contributed by atoms with van der Waals surface area (Å²) in [6.45, 7) is 1.94. The summed E-state index contributed by atoms with van der Waals surface area (Å²) in [5, 5.41) is 1.43. The van der Waals surface area contributed by atoms with Crippen molar-refractivity contribution >= 4 is 33.4 Å². The first-order chi connectivity index (χ1) is 8.69. The molecular formula is C13H15BrClNO2. The van der Waals surface area contributed by atoms with E-state index in [1.54, 1.807) is 0 Å². The van der Waals surface area contributed by atoms with Gasteiger partial charge in [0.05, 0.1) is 19.1 Å². The molecule has 2 rings (SSSR count). The number of hydrogen-bond acceptors (Lipinski definition) is 2. The van der Waals surface area contributed by atoms with Crippen LogP contribution in [-0.2, 0) is 16.0 Å². The van der Waals surface area contributed by atoms with Gasteiger partial charge in [-0.25, -0.2) is 0 Å². The molecule has 1 heterocycles. The zero-order valence-electron chi connectivity index (χ0n) is 9.94. The van der Waals surface area contributed by atoms with Crippen LogP contribution in [0.4, 0.5) is 0 Å². The maximum Gasteiger partial charge on any atom is 0.227 e. The molecule has 1 aliphatic rings. The topological polar surface area (TPSA) is 29.5 Å². The number of carbonyl (C=O) groups excluding carboxylic acids is 1. The highest BCUT2D eigenvalue weighted by atomic mass is 79.9. The summed E-state index contributed by atoms with van der Waals surface area (Å²) in [5.41, 5.74) is 0.953. The Morgan fingerprint density at radius 3 is 3.11 bits per heavy atom. The van der Waals surface area contributed by atoms with Gasteiger partial charge in [0.1, 0.15) is 0 Å². The third-order valence-electron chi connectivity index (χ3n) is 2.91. The third kappa shape index (κ3) is 3.70. The van der Waals surface area contributed by atoms with E-state index in [4.69, 9.17) is 16.3 Å². The summed E-state index contributed by atoms with van der Waals surface area (Å²) >= 11 is 9.29. The van der Waals surface area contributed by atoms with Crippen LogP contribution in [0.2, 0.25) is 5.02 Å². The first kappa shape index (κ1) is 13.8. The molecule has 5 heteroatoms. The smallest absolute Gasteiger partial charge is 0.227 e. The fraction of sp³-hybridized carbons (Fsp3) is 0.462. The van der Waals surface area contributed by atoms with E-state index in [9.17, 15) is 4.79 Å². The first-order valence-corrected chi connectivity index (χ1v) is 7.39. The Morgan fingerprint density at radius 2 is 2.39 bits per heavy atom. The van der Waals surface area contributed by atoms with Crippen molar-refractivity contribution in [2.75, 3.05) is 25.0 Å². The summed E-state index contributed by atoms with van der Waals surface area (Å²) in [6.07, 6.45) is 0.498. The van der Waals surface area contributed by atoms with Gasteiger partial charge in [0, 0.05) is 23.4 Å². The normalized spacial score (nSPS) is 19.9. The van der Waals surface area contributed by atoms with E-state index in [-0.39, 0.29) is 12.0 Å². The Hall–Kier alpha value is -0.580. The van der Waals surface area contributed by atoms with Crippen molar-refractivity contribution < 1.29 is 9.53 Å². The van der Waals surface area contributed by atoms with Crippen molar-refractivity contribution in [2.45, 2.75) is 12.5 Å². The summed E-state index contributed by atoms with van der Waals surface area (Å²) < 4.78 is 5.51. The van der Waals surface area contributed by atoms with E-state index in [0.29, 0.717) is 31.1 Å². The van der Waals surface area contributed by atoms with E-state index < -0.39 is 0 Å². The van der Waals surface area contributed by atoms with Gasteiger partial charge in [-0.15, -0.1) is 0 Å². The minimum absolute atomic E-state index is 0.0991. The lowest BCUT2D eigenvalue weighted by atomic mass is 10.1. The number of benzene rings is 1. The number of hydrogen-bond donors (Lipinski definition) is 0. The number of nitrogens with zero attached hydrogens (tertiary/aromatic N) is 1. The predicted octanol–water partition coefficient (Wildman–Crippen LogP) is 2.50. The summed E-state index contributed by atoms with van der Waals surface area (Å²) in [4.78, 5) is 14.0. The zero-order valence-corrected chi connectivity index (χ0v) is 12.3. The molecule has 1 fully saturated rings. The monoisotopic (exact) mass is 331 g/mol. The lowest BCUT2D eigenvalue weighted by Gasteiger charge is -2.32. The molecular weight excluding hydrogens is 318 g/mol. The summed E-state index contributed by atoms with van der Waals surface area (Å²) in [6, 6.07) is 7.44. The van der Waals surface area contributed by atoms with Crippen molar-refractivity contribution in [3.8, 4) is 0 Å². The van der Waals surface area contributed by atoms with Gasteiger partial charge in [-0.1, -0.05) is 39.7 Å². The first-order valence-electron chi connectivity index (χ1n) is 5.89. The molecule has 1 unspecified atom stereocenters. The van der Waals surface area contributed by atoms with Crippen LogP contribution in [0.15, 0.2) is 24.3 Å². The number of alkyl halides is 1. The largest absolute Gasteiger partial charge is 0.374 e. The quantitative estimate of drug-likeness (QED) is 0.796. The molecule has 1 aromatic carbocycles. The lowest BCUT2D eigenvalue weighted by molar-refractivity contribution is -0.137. The molecule has 0 radical (unpaired) electrons. The van der Waals surface area contributed by atoms with Crippen LogP contribution in [0.1, 0.15) is 5.56 Å². The molecule has 1 atom stereocenters. The number of amides is 1. The van der Waals surface area contributed by atoms with Crippen molar-refractivity contribution in [3.05, 3.63) is 34.9 Å². The van der Waals surface area contributed by atoms with E-state index in [1.807, 2.05) is 29.2 Å². The van der Waals surface area contributed by atoms with Gasteiger partial charge in [0.15, 0.2) is 0 Å². The Kier molecular flexibility index (Phi) is 5.03. The van der Waals surface area contributed by atoms with Gasteiger partial charge in [-0.05, 0) is 17.7 Å². The van der Waals surface area contributed by atoms with Crippen LogP contribution < -0.4 is 0 Å². The fourth-order valence-corrected chi connectivity index (χ4v) is 2.58. The van der Waals surface area contributed by atoms with Crippen LogP contribution in [0.5, 0.6) is 0 Å². The average Bonchev–Trinajstić information content (AvgIpc) is 2.39. The molecule has 1 aliphatic heterocycles. The maximum atomic E-state index is 12.2. The fourth-order valence-electron chi connectivity index (χ4n) is 1.97. The van der Waals surface area contributed by atoms with Crippen LogP contribution in [0.3, 0.4) is 0 Å². The molecule has 98 valence electrons. The molecule has 3 nitrogen and oxygen atoms in total. The van der Waals surface area contributed by atoms with Gasteiger partial charge in [0.2, 0.25) is 5.91 Å². The molecule has 0 aromatic heterocycles. The molecule has 0 saturated carbocycles. The molecule has 0 aliphatic carbocycles. The van der Waals surface area contributed by atoms with Gasteiger partial charge in [-0.3, -0.25) is 4.79 Å². The van der Waals surface area contributed by atoms with E-state index >= 15 is 0 Å². The van der Waals surface area contributed by atoms with Crippen molar-refractivity contribution in [2.24, 2.45) is 0 Å². The number of carbonyl (C=O) groups is 1. The van der Waals surface area contributed by atoms with Gasteiger partial charge in [-0.2, -0.15) is 0 Å². The Balaban J connectivity index is 1.95. The average molecular weight is 333 g/mol. The van der Waals surface area contributed by atoms with Crippen molar-refractivity contribution in [3.63, 3.8) is 0 Å². The number of halogens is 2. The molecule has 18 heavy (non-hydrogen) atoms. The number of morpholine rings is 1. The molecule has 0 N–H and O–H groups in total. The van der Waals surface area contributed by atoms with Crippen LogP contribution in [-0.4, -0.2) is 41.9 Å². The minimum atomic E-state index is 0.0991. The van der Waals surface area contributed by atoms with Crippen molar-refractivity contribution in [1.82, 2.24) is 4.90 Å². The Bertz CT molecular complexity index is 427. The van der Waals surface area contributed by atoms with E-state index in [1.165, 1.54) is 0 Å². The van der Waals surface area contributed by atoms with Crippen LogP contribution in [0.25, 0.3) is 0 Å². The highest BCUT2D eigenvalue weighted by molar-refractivity contribution is 9.09. The van der Waals surface area contributed by atoms with Gasteiger partial charge in [0.25, 0.3) is 0 Å². The minimum Gasteiger partial charge on any atom is -0.374 e. The second-order valence-electron chi connectivity index (χ2n) is 4.29. The standard InChI is InChI=1S/C13H15BrClNO2/c14-8-12-9-16(4-5-18-12)13(17)7-10-2-1-3-11(15)6-10/h1-3,6,12H,4-5,7-9H2. The number of ether oxygens (including phenoxy) is 1. The number of rotatable bonds is 3. The SMILES string of the molecule is O=C(Cc1cccc(Cl)c1)N1CCOC(CBr)C1. The Morgan fingerprint density at radius 1 is 1.56 bits per heavy atom. The second-order valence-corrected chi connectivity index (χ2v) is 5.38. The highest BCUT2D eigenvalue weighted by Crippen LogP contribution is 2.14. The second kappa shape index (κ2) is 6.55. The highest BCUT2D eigenvalue weighted by Gasteiger charge is 2.23. The Labute approximate surface area is 120 Å². The van der Waals surface area contributed by atoms with Crippen molar-refractivity contribution in [1.29, 1.82) is 0 Å². The molecule has 1 aromatic rings. The lowest BCUT2D eigenvalue weighted by Crippen LogP contribution is -2.46. The van der Waals surface area contributed by atoms with Gasteiger partial charge >= 0.3 is 0 Å². The van der Waals surface area contributed by atoms with E-state index in [2.05, 4.69) is 15.9 Å². The van der Waals surface area contributed by atoms with Crippen LogP contribution >= 0.6 is 27.5 Å². The van der Waals surface area contributed by atoms with Crippen LogP contribution in [0, 0.1) is 0 Å². The zero-order chi connectivity index (χ0) is 13.0.